The number of nitro groups is 1. The number of rotatable bonds is 9. The molecule has 1 atom stereocenters. The number of hydrogen-bond acceptors (Lipinski definition) is 4. The summed E-state index contributed by atoms with van der Waals surface area (Å²) >= 11 is 0. The van der Waals surface area contributed by atoms with Gasteiger partial charge >= 0.3 is 5.82 Å². The van der Waals surface area contributed by atoms with Crippen LogP contribution in [0, 0.1) is 23.0 Å². The summed E-state index contributed by atoms with van der Waals surface area (Å²) in [6.45, 7) is 6.72. The summed E-state index contributed by atoms with van der Waals surface area (Å²) in [6.07, 6.45) is 4.46. The van der Waals surface area contributed by atoms with Crippen LogP contribution in [-0.2, 0) is 11.3 Å². The molecule has 0 aromatic carbocycles. The Morgan fingerprint density at radius 1 is 1.48 bits per heavy atom. The molecule has 21 heavy (non-hydrogen) atoms. The number of carbonyl (C=O) groups excluding carboxylic acids is 1. The molecule has 1 N–H and O–H groups in total. The Bertz CT molecular complexity index is 485. The molecule has 0 aliphatic rings. The van der Waals surface area contributed by atoms with E-state index in [0.29, 0.717) is 18.8 Å². The lowest BCUT2D eigenvalue weighted by atomic mass is 10.1. The van der Waals surface area contributed by atoms with E-state index in [2.05, 4.69) is 17.3 Å². The summed E-state index contributed by atoms with van der Waals surface area (Å²) in [5, 5.41) is 17.5. The van der Waals surface area contributed by atoms with Crippen molar-refractivity contribution in [2.75, 3.05) is 6.54 Å². The molecule has 1 aromatic heterocycles. The first-order valence-corrected chi connectivity index (χ1v) is 7.42. The molecule has 0 saturated carbocycles. The zero-order chi connectivity index (χ0) is 15.8. The molecule has 1 rings (SSSR count). The van der Waals surface area contributed by atoms with Crippen LogP contribution >= 0.6 is 0 Å². The molecule has 1 amide bonds. The average molecular weight is 296 g/mol. The summed E-state index contributed by atoms with van der Waals surface area (Å²) in [4.78, 5) is 22.1. The second-order valence-electron chi connectivity index (χ2n) is 5.34. The minimum atomic E-state index is -0.526. The summed E-state index contributed by atoms with van der Waals surface area (Å²) < 4.78 is 1.51. The van der Waals surface area contributed by atoms with Gasteiger partial charge in [-0.1, -0.05) is 33.1 Å². The molecule has 1 aromatic rings. The van der Waals surface area contributed by atoms with Gasteiger partial charge in [0.05, 0.1) is 29.3 Å². The average Bonchev–Trinajstić information content (AvgIpc) is 2.80. The number of carbonyl (C=O) groups is 1. The number of aryl methyl sites for hydroxylation is 1. The molecule has 1 unspecified atom stereocenters. The summed E-state index contributed by atoms with van der Waals surface area (Å²) in [6, 6.07) is 1.41. The van der Waals surface area contributed by atoms with Gasteiger partial charge in [-0.05, 0) is 18.3 Å². The van der Waals surface area contributed by atoms with Gasteiger partial charge in [-0.25, -0.2) is 0 Å². The molecule has 0 aliphatic heterocycles. The van der Waals surface area contributed by atoms with Crippen molar-refractivity contribution >= 4 is 11.7 Å². The fraction of sp³-hybridized carbons (Fsp3) is 0.714. The first-order valence-electron chi connectivity index (χ1n) is 7.42. The summed E-state index contributed by atoms with van der Waals surface area (Å²) in [5.74, 6) is -0.488. The van der Waals surface area contributed by atoms with E-state index in [-0.39, 0.29) is 17.6 Å². The standard InChI is InChI=1S/C14H24N4O3/c1-4-5-6-7-8-15-14(19)11(2)10-17-12(3)9-13(16-17)18(20)21/h9,11H,4-8,10H2,1-3H3,(H,15,19). The van der Waals surface area contributed by atoms with E-state index in [1.165, 1.54) is 23.6 Å². The second-order valence-corrected chi connectivity index (χ2v) is 5.34. The molecular formula is C14H24N4O3. The lowest BCUT2D eigenvalue weighted by Crippen LogP contribution is -2.32. The molecule has 7 nitrogen and oxygen atoms in total. The first kappa shape index (κ1) is 17.1. The fourth-order valence-electron chi connectivity index (χ4n) is 2.05. The topological polar surface area (TPSA) is 90.1 Å². The monoisotopic (exact) mass is 296 g/mol. The Morgan fingerprint density at radius 3 is 2.76 bits per heavy atom. The van der Waals surface area contributed by atoms with Crippen molar-refractivity contribution in [1.82, 2.24) is 15.1 Å². The molecule has 118 valence electrons. The van der Waals surface area contributed by atoms with Crippen molar-refractivity contribution in [2.24, 2.45) is 5.92 Å². The molecule has 0 bridgehead atoms. The summed E-state index contributed by atoms with van der Waals surface area (Å²) in [7, 11) is 0. The number of amides is 1. The van der Waals surface area contributed by atoms with Crippen LogP contribution in [0.5, 0.6) is 0 Å². The Hall–Kier alpha value is -1.92. The van der Waals surface area contributed by atoms with E-state index in [1.807, 2.05) is 0 Å². The van der Waals surface area contributed by atoms with Gasteiger partial charge in [-0.15, -0.1) is 0 Å². The number of nitrogens with one attached hydrogen (secondary N) is 1. The van der Waals surface area contributed by atoms with Crippen molar-refractivity contribution in [2.45, 2.75) is 53.0 Å². The third-order valence-corrected chi connectivity index (χ3v) is 3.38. The molecule has 0 spiro atoms. The van der Waals surface area contributed by atoms with Gasteiger partial charge < -0.3 is 15.4 Å². The van der Waals surface area contributed by atoms with Crippen LogP contribution in [0.25, 0.3) is 0 Å². The number of unbranched alkanes of at least 4 members (excludes halogenated alkanes) is 3. The highest BCUT2D eigenvalue weighted by atomic mass is 16.6. The van der Waals surface area contributed by atoms with E-state index < -0.39 is 4.92 Å². The van der Waals surface area contributed by atoms with Crippen LogP contribution in [-0.4, -0.2) is 27.2 Å². The molecular weight excluding hydrogens is 272 g/mol. The molecule has 0 radical (unpaired) electrons. The number of hydrogen-bond donors (Lipinski definition) is 1. The van der Waals surface area contributed by atoms with E-state index in [1.54, 1.807) is 13.8 Å². The van der Waals surface area contributed by atoms with Crippen LogP contribution in [0.15, 0.2) is 6.07 Å². The number of nitrogens with zero attached hydrogens (tertiary/aromatic N) is 3. The first-order chi connectivity index (χ1) is 9.95. The molecule has 1 heterocycles. The zero-order valence-corrected chi connectivity index (χ0v) is 13.0. The minimum absolute atomic E-state index is 0.0379. The van der Waals surface area contributed by atoms with E-state index >= 15 is 0 Å². The molecule has 0 fully saturated rings. The van der Waals surface area contributed by atoms with Crippen LogP contribution < -0.4 is 5.32 Å². The van der Waals surface area contributed by atoms with Crippen molar-refractivity contribution in [1.29, 1.82) is 0 Å². The van der Waals surface area contributed by atoms with E-state index in [4.69, 9.17) is 0 Å². The largest absolute Gasteiger partial charge is 0.390 e. The van der Waals surface area contributed by atoms with Crippen LogP contribution in [0.3, 0.4) is 0 Å². The Morgan fingerprint density at radius 2 is 2.19 bits per heavy atom. The predicted octanol–water partition coefficient (Wildman–Crippen LogP) is 2.43. The van der Waals surface area contributed by atoms with E-state index in [0.717, 1.165) is 12.8 Å². The highest BCUT2D eigenvalue weighted by Crippen LogP contribution is 2.12. The molecule has 7 heteroatoms. The SMILES string of the molecule is CCCCCCNC(=O)C(C)Cn1nc([N+](=O)[O-])cc1C. The quantitative estimate of drug-likeness (QED) is 0.430. The Labute approximate surface area is 124 Å². The van der Waals surface area contributed by atoms with Gasteiger partial charge in [-0.2, -0.15) is 4.68 Å². The van der Waals surface area contributed by atoms with Gasteiger partial charge in [0.25, 0.3) is 0 Å². The van der Waals surface area contributed by atoms with Crippen molar-refractivity contribution in [3.8, 4) is 0 Å². The van der Waals surface area contributed by atoms with Gasteiger partial charge in [0.15, 0.2) is 0 Å². The zero-order valence-electron chi connectivity index (χ0n) is 13.0. The lowest BCUT2D eigenvalue weighted by molar-refractivity contribution is -0.389. The highest BCUT2D eigenvalue weighted by molar-refractivity contribution is 5.78. The van der Waals surface area contributed by atoms with Crippen LogP contribution in [0.2, 0.25) is 0 Å². The summed E-state index contributed by atoms with van der Waals surface area (Å²) in [5.41, 5.74) is 0.685. The molecule has 0 saturated heterocycles. The fourth-order valence-corrected chi connectivity index (χ4v) is 2.05. The number of aromatic nitrogens is 2. The molecule has 0 aliphatic carbocycles. The Balaban J connectivity index is 2.43. The van der Waals surface area contributed by atoms with Crippen molar-refractivity contribution < 1.29 is 9.72 Å². The maximum Gasteiger partial charge on any atom is 0.390 e. The van der Waals surface area contributed by atoms with Gasteiger partial charge in [-0.3, -0.25) is 4.79 Å². The van der Waals surface area contributed by atoms with Gasteiger partial charge in [0.2, 0.25) is 5.91 Å². The highest BCUT2D eigenvalue weighted by Gasteiger charge is 2.20. The second kappa shape index (κ2) is 8.39. The minimum Gasteiger partial charge on any atom is -0.358 e. The maximum absolute atomic E-state index is 11.9. The van der Waals surface area contributed by atoms with Gasteiger partial charge in [0.1, 0.15) is 0 Å². The normalized spacial score (nSPS) is 12.1. The Kier molecular flexibility index (Phi) is 6.84. The van der Waals surface area contributed by atoms with Crippen LogP contribution in [0.1, 0.15) is 45.2 Å². The lowest BCUT2D eigenvalue weighted by Gasteiger charge is -2.11. The maximum atomic E-state index is 11.9. The third kappa shape index (κ3) is 5.53. The van der Waals surface area contributed by atoms with Crippen molar-refractivity contribution in [3.63, 3.8) is 0 Å². The smallest absolute Gasteiger partial charge is 0.358 e. The van der Waals surface area contributed by atoms with Crippen LogP contribution in [0.4, 0.5) is 5.82 Å². The van der Waals surface area contributed by atoms with Gasteiger partial charge in [0, 0.05) is 6.54 Å². The van der Waals surface area contributed by atoms with Crippen molar-refractivity contribution in [3.05, 3.63) is 21.9 Å². The third-order valence-electron chi connectivity index (χ3n) is 3.38. The predicted molar refractivity (Wildman–Crippen MR) is 79.9 cm³/mol. The van der Waals surface area contributed by atoms with E-state index in [9.17, 15) is 14.9 Å².